The number of fused-ring (bicyclic) bond motifs is 1. The first-order valence-corrected chi connectivity index (χ1v) is 7.67. The van der Waals surface area contributed by atoms with E-state index in [1.54, 1.807) is 18.2 Å². The van der Waals surface area contributed by atoms with E-state index in [9.17, 15) is 0 Å². The SMILES string of the molecule is N#Cc1ccc(Cl)c(Nc2nc3cc(Br)ccc3s2)c1. The van der Waals surface area contributed by atoms with Crippen LogP contribution < -0.4 is 5.32 Å². The summed E-state index contributed by atoms with van der Waals surface area (Å²) in [7, 11) is 0. The van der Waals surface area contributed by atoms with Crippen LogP contribution in [-0.2, 0) is 0 Å². The fraction of sp³-hybridized carbons (Fsp3) is 0. The van der Waals surface area contributed by atoms with Crippen LogP contribution in [0.2, 0.25) is 5.02 Å². The Hall–Kier alpha value is -1.61. The number of aromatic nitrogens is 1. The number of thiazole rings is 1. The van der Waals surface area contributed by atoms with E-state index >= 15 is 0 Å². The standard InChI is InChI=1S/C14H7BrClN3S/c15-9-2-4-13-12(6-9)19-14(20-13)18-11-5-8(7-17)1-3-10(11)16/h1-6H,(H,18,19). The van der Waals surface area contributed by atoms with Crippen LogP contribution in [0, 0.1) is 11.3 Å². The summed E-state index contributed by atoms with van der Waals surface area (Å²) in [5.41, 5.74) is 2.16. The molecule has 0 saturated heterocycles. The van der Waals surface area contributed by atoms with Crippen molar-refractivity contribution in [3.8, 4) is 6.07 Å². The molecule has 0 aliphatic rings. The molecule has 0 spiro atoms. The molecule has 0 unspecified atom stereocenters. The van der Waals surface area contributed by atoms with Gasteiger partial charge >= 0.3 is 0 Å². The Kier molecular flexibility index (Phi) is 3.62. The zero-order chi connectivity index (χ0) is 14.1. The summed E-state index contributed by atoms with van der Waals surface area (Å²) >= 11 is 11.1. The molecule has 0 fully saturated rings. The minimum absolute atomic E-state index is 0.556. The largest absolute Gasteiger partial charge is 0.330 e. The summed E-state index contributed by atoms with van der Waals surface area (Å²) < 4.78 is 2.08. The van der Waals surface area contributed by atoms with Gasteiger partial charge in [-0.2, -0.15) is 5.26 Å². The van der Waals surface area contributed by atoms with Crippen molar-refractivity contribution in [1.29, 1.82) is 5.26 Å². The first-order valence-electron chi connectivity index (χ1n) is 5.68. The van der Waals surface area contributed by atoms with Crippen molar-refractivity contribution in [3.05, 3.63) is 51.5 Å². The molecular weight excluding hydrogens is 358 g/mol. The zero-order valence-electron chi connectivity index (χ0n) is 10.0. The Balaban J connectivity index is 1.99. The van der Waals surface area contributed by atoms with Crippen LogP contribution in [0.4, 0.5) is 10.8 Å². The van der Waals surface area contributed by atoms with Crippen LogP contribution in [0.3, 0.4) is 0 Å². The quantitative estimate of drug-likeness (QED) is 0.669. The molecule has 20 heavy (non-hydrogen) atoms. The molecular formula is C14H7BrClN3S. The van der Waals surface area contributed by atoms with Gasteiger partial charge < -0.3 is 5.32 Å². The molecule has 0 bridgehead atoms. The number of hydrogen-bond donors (Lipinski definition) is 1. The van der Waals surface area contributed by atoms with Crippen LogP contribution in [0.25, 0.3) is 10.2 Å². The van der Waals surface area contributed by atoms with Gasteiger partial charge in [-0.15, -0.1) is 0 Å². The Bertz CT molecular complexity index is 838. The lowest BCUT2D eigenvalue weighted by atomic mass is 10.2. The fourth-order valence-corrected chi connectivity index (χ4v) is 3.13. The number of hydrogen-bond acceptors (Lipinski definition) is 4. The van der Waals surface area contributed by atoms with Crippen molar-refractivity contribution >= 4 is 59.9 Å². The third kappa shape index (κ3) is 2.63. The zero-order valence-corrected chi connectivity index (χ0v) is 13.2. The van der Waals surface area contributed by atoms with Gasteiger partial charge in [-0.3, -0.25) is 0 Å². The maximum absolute atomic E-state index is 8.92. The average molecular weight is 365 g/mol. The minimum atomic E-state index is 0.556. The molecule has 3 rings (SSSR count). The fourth-order valence-electron chi connectivity index (χ4n) is 1.76. The Morgan fingerprint density at radius 3 is 2.90 bits per heavy atom. The average Bonchev–Trinajstić information content (AvgIpc) is 2.82. The summed E-state index contributed by atoms with van der Waals surface area (Å²) in [6.07, 6.45) is 0. The van der Waals surface area contributed by atoms with Gasteiger partial charge in [0.2, 0.25) is 0 Å². The number of halogens is 2. The Morgan fingerprint density at radius 1 is 1.25 bits per heavy atom. The Labute approximate surface area is 133 Å². The molecule has 0 atom stereocenters. The van der Waals surface area contributed by atoms with E-state index in [0.717, 1.165) is 19.8 Å². The summed E-state index contributed by atoms with van der Waals surface area (Å²) in [4.78, 5) is 4.50. The van der Waals surface area contributed by atoms with E-state index < -0.39 is 0 Å². The highest BCUT2D eigenvalue weighted by molar-refractivity contribution is 9.10. The normalized spacial score (nSPS) is 10.4. The molecule has 0 radical (unpaired) electrons. The van der Waals surface area contributed by atoms with Crippen molar-refractivity contribution in [1.82, 2.24) is 4.98 Å². The highest BCUT2D eigenvalue weighted by Crippen LogP contribution is 2.32. The lowest BCUT2D eigenvalue weighted by Crippen LogP contribution is -1.91. The van der Waals surface area contributed by atoms with E-state index in [0.29, 0.717) is 16.3 Å². The van der Waals surface area contributed by atoms with Gasteiger partial charge in [-0.25, -0.2) is 4.98 Å². The molecule has 6 heteroatoms. The van der Waals surface area contributed by atoms with Crippen LogP contribution in [0.1, 0.15) is 5.56 Å². The Morgan fingerprint density at radius 2 is 2.10 bits per heavy atom. The maximum Gasteiger partial charge on any atom is 0.188 e. The van der Waals surface area contributed by atoms with E-state index in [2.05, 4.69) is 32.3 Å². The second-order valence-corrected chi connectivity index (χ2v) is 6.42. The smallest absolute Gasteiger partial charge is 0.188 e. The summed E-state index contributed by atoms with van der Waals surface area (Å²) in [5.74, 6) is 0. The molecule has 0 amide bonds. The third-order valence-electron chi connectivity index (χ3n) is 2.69. The molecule has 1 aromatic heterocycles. The number of nitriles is 1. The van der Waals surface area contributed by atoms with E-state index in [1.165, 1.54) is 11.3 Å². The highest BCUT2D eigenvalue weighted by atomic mass is 79.9. The summed E-state index contributed by atoms with van der Waals surface area (Å²) in [6.45, 7) is 0. The maximum atomic E-state index is 8.92. The molecule has 2 aromatic carbocycles. The van der Waals surface area contributed by atoms with Crippen LogP contribution >= 0.6 is 38.9 Å². The first kappa shape index (κ1) is 13.4. The second-order valence-electron chi connectivity index (χ2n) is 4.06. The number of anilines is 2. The molecule has 1 N–H and O–H groups in total. The van der Waals surface area contributed by atoms with Gasteiger partial charge in [0.05, 0.1) is 32.6 Å². The van der Waals surface area contributed by atoms with Gasteiger partial charge in [-0.05, 0) is 36.4 Å². The molecule has 0 aliphatic carbocycles. The number of nitrogens with one attached hydrogen (secondary N) is 1. The first-order chi connectivity index (χ1) is 9.65. The van der Waals surface area contributed by atoms with E-state index in [1.807, 2.05) is 18.2 Å². The molecule has 98 valence electrons. The van der Waals surface area contributed by atoms with Crippen molar-refractivity contribution in [2.75, 3.05) is 5.32 Å². The summed E-state index contributed by atoms with van der Waals surface area (Å²) in [6, 6.07) is 13.1. The molecule has 0 saturated carbocycles. The van der Waals surface area contributed by atoms with Gasteiger partial charge in [-0.1, -0.05) is 38.9 Å². The lowest BCUT2D eigenvalue weighted by molar-refractivity contribution is 1.43. The number of rotatable bonds is 2. The number of nitrogens with zero attached hydrogens (tertiary/aromatic N) is 2. The monoisotopic (exact) mass is 363 g/mol. The second kappa shape index (κ2) is 5.41. The lowest BCUT2D eigenvalue weighted by Gasteiger charge is -2.04. The van der Waals surface area contributed by atoms with Crippen LogP contribution in [0.15, 0.2) is 40.9 Å². The molecule has 3 aromatic rings. The van der Waals surface area contributed by atoms with Gasteiger partial charge in [0.25, 0.3) is 0 Å². The molecule has 3 nitrogen and oxygen atoms in total. The van der Waals surface area contributed by atoms with Gasteiger partial charge in [0, 0.05) is 4.47 Å². The number of benzene rings is 2. The van der Waals surface area contributed by atoms with Gasteiger partial charge in [0.1, 0.15) is 0 Å². The molecule has 0 aliphatic heterocycles. The predicted octanol–water partition coefficient (Wildman–Crippen LogP) is 5.33. The highest BCUT2D eigenvalue weighted by Gasteiger charge is 2.07. The van der Waals surface area contributed by atoms with E-state index in [4.69, 9.17) is 16.9 Å². The van der Waals surface area contributed by atoms with Crippen molar-refractivity contribution in [3.63, 3.8) is 0 Å². The van der Waals surface area contributed by atoms with Crippen molar-refractivity contribution in [2.24, 2.45) is 0 Å². The predicted molar refractivity (Wildman–Crippen MR) is 86.8 cm³/mol. The van der Waals surface area contributed by atoms with Crippen molar-refractivity contribution in [2.45, 2.75) is 0 Å². The third-order valence-corrected chi connectivity index (χ3v) is 4.46. The topological polar surface area (TPSA) is 48.7 Å². The minimum Gasteiger partial charge on any atom is -0.330 e. The molecule has 1 heterocycles. The van der Waals surface area contributed by atoms with Crippen LogP contribution in [-0.4, -0.2) is 4.98 Å². The van der Waals surface area contributed by atoms with E-state index in [-0.39, 0.29) is 0 Å². The van der Waals surface area contributed by atoms with Gasteiger partial charge in [0.15, 0.2) is 5.13 Å². The van der Waals surface area contributed by atoms with Crippen LogP contribution in [0.5, 0.6) is 0 Å². The summed E-state index contributed by atoms with van der Waals surface area (Å²) in [5, 5.41) is 13.4. The van der Waals surface area contributed by atoms with Crippen molar-refractivity contribution < 1.29 is 0 Å².